The SMILES string of the molecule is Cc1ccc(CC(CO)c2cccc(Br)c2)cc1C. The molecule has 1 atom stereocenters. The van der Waals surface area contributed by atoms with Gasteiger partial charge in [0, 0.05) is 10.4 Å². The zero-order valence-corrected chi connectivity index (χ0v) is 12.9. The van der Waals surface area contributed by atoms with Gasteiger partial charge in [-0.25, -0.2) is 0 Å². The van der Waals surface area contributed by atoms with Crippen molar-refractivity contribution in [3.63, 3.8) is 0 Å². The van der Waals surface area contributed by atoms with E-state index >= 15 is 0 Å². The number of hydrogen-bond donors (Lipinski definition) is 1. The van der Waals surface area contributed by atoms with Crippen molar-refractivity contribution in [3.8, 4) is 0 Å². The Bertz CT molecular complexity index is 563. The van der Waals surface area contributed by atoms with Crippen molar-refractivity contribution in [1.82, 2.24) is 0 Å². The maximum atomic E-state index is 9.64. The molecule has 100 valence electrons. The van der Waals surface area contributed by atoms with Crippen molar-refractivity contribution in [1.29, 1.82) is 0 Å². The van der Waals surface area contributed by atoms with E-state index in [4.69, 9.17) is 0 Å². The summed E-state index contributed by atoms with van der Waals surface area (Å²) >= 11 is 3.48. The average Bonchev–Trinajstić information content (AvgIpc) is 2.40. The third-order valence-electron chi connectivity index (χ3n) is 3.59. The normalized spacial score (nSPS) is 12.4. The summed E-state index contributed by atoms with van der Waals surface area (Å²) in [7, 11) is 0. The molecule has 19 heavy (non-hydrogen) atoms. The minimum absolute atomic E-state index is 0.152. The maximum Gasteiger partial charge on any atom is 0.0502 e. The Labute approximate surface area is 123 Å². The summed E-state index contributed by atoms with van der Waals surface area (Å²) in [5, 5.41) is 9.64. The van der Waals surface area contributed by atoms with Crippen molar-refractivity contribution in [2.24, 2.45) is 0 Å². The van der Waals surface area contributed by atoms with Gasteiger partial charge >= 0.3 is 0 Å². The molecule has 0 amide bonds. The summed E-state index contributed by atoms with van der Waals surface area (Å²) in [6.45, 7) is 4.42. The van der Waals surface area contributed by atoms with Gasteiger partial charge in [-0.2, -0.15) is 0 Å². The van der Waals surface area contributed by atoms with Crippen molar-refractivity contribution in [3.05, 3.63) is 69.2 Å². The molecule has 0 saturated carbocycles. The number of aliphatic hydroxyl groups is 1. The molecule has 2 rings (SSSR count). The van der Waals surface area contributed by atoms with E-state index in [1.807, 2.05) is 12.1 Å². The molecule has 0 aromatic heterocycles. The molecule has 2 aromatic rings. The summed E-state index contributed by atoms with van der Waals surface area (Å²) in [5.41, 5.74) is 5.08. The van der Waals surface area contributed by atoms with Crippen molar-refractivity contribution >= 4 is 15.9 Å². The van der Waals surface area contributed by atoms with E-state index in [0.29, 0.717) is 0 Å². The Balaban J connectivity index is 2.21. The molecule has 2 heteroatoms. The smallest absolute Gasteiger partial charge is 0.0502 e. The van der Waals surface area contributed by atoms with Crippen LogP contribution in [0.1, 0.15) is 28.2 Å². The molecule has 1 unspecified atom stereocenters. The van der Waals surface area contributed by atoms with E-state index in [-0.39, 0.29) is 12.5 Å². The second kappa shape index (κ2) is 6.36. The molecule has 0 spiro atoms. The molecule has 1 N–H and O–H groups in total. The molecule has 2 aromatic carbocycles. The zero-order chi connectivity index (χ0) is 13.8. The molecule has 0 aliphatic rings. The summed E-state index contributed by atoms with van der Waals surface area (Å²) in [4.78, 5) is 0. The highest BCUT2D eigenvalue weighted by Crippen LogP contribution is 2.24. The fourth-order valence-electron chi connectivity index (χ4n) is 2.26. The highest BCUT2D eigenvalue weighted by Gasteiger charge is 2.12. The van der Waals surface area contributed by atoms with Gasteiger partial charge in [0.25, 0.3) is 0 Å². The second-order valence-corrected chi connectivity index (χ2v) is 5.97. The lowest BCUT2D eigenvalue weighted by molar-refractivity contribution is 0.264. The first-order valence-corrected chi connectivity index (χ1v) is 7.32. The molecule has 0 aliphatic heterocycles. The number of hydrogen-bond acceptors (Lipinski definition) is 1. The number of benzene rings is 2. The van der Waals surface area contributed by atoms with Crippen molar-refractivity contribution in [2.75, 3.05) is 6.61 Å². The molecule has 0 aliphatic carbocycles. The van der Waals surface area contributed by atoms with Crippen LogP contribution >= 0.6 is 15.9 Å². The Hall–Kier alpha value is -1.12. The number of aliphatic hydroxyl groups excluding tert-OH is 1. The number of rotatable bonds is 4. The van der Waals surface area contributed by atoms with E-state index in [1.165, 1.54) is 22.3 Å². The monoisotopic (exact) mass is 318 g/mol. The van der Waals surface area contributed by atoms with Crippen molar-refractivity contribution in [2.45, 2.75) is 26.2 Å². The standard InChI is InChI=1S/C17H19BrO/c1-12-6-7-14(8-13(12)2)9-16(11-19)15-4-3-5-17(18)10-15/h3-8,10,16,19H,9,11H2,1-2H3. The predicted octanol–water partition coefficient (Wildman–Crippen LogP) is 4.38. The lowest BCUT2D eigenvalue weighted by Gasteiger charge is -2.16. The lowest BCUT2D eigenvalue weighted by Crippen LogP contribution is -2.08. The van der Waals surface area contributed by atoms with Crippen LogP contribution in [0.4, 0.5) is 0 Å². The van der Waals surface area contributed by atoms with Gasteiger partial charge in [-0.3, -0.25) is 0 Å². The van der Waals surface area contributed by atoms with Crippen LogP contribution in [0.3, 0.4) is 0 Å². The minimum atomic E-state index is 0.152. The first-order chi connectivity index (χ1) is 9.10. The second-order valence-electron chi connectivity index (χ2n) is 5.06. The first-order valence-electron chi connectivity index (χ1n) is 6.52. The van der Waals surface area contributed by atoms with Gasteiger partial charge in [-0.05, 0) is 54.7 Å². The van der Waals surface area contributed by atoms with Crippen LogP contribution in [0.15, 0.2) is 46.9 Å². The molecule has 1 nitrogen and oxygen atoms in total. The van der Waals surface area contributed by atoms with Gasteiger partial charge in [0.1, 0.15) is 0 Å². The van der Waals surface area contributed by atoms with E-state index in [1.54, 1.807) is 0 Å². The van der Waals surface area contributed by atoms with Crippen LogP contribution in [0.2, 0.25) is 0 Å². The highest BCUT2D eigenvalue weighted by atomic mass is 79.9. The van der Waals surface area contributed by atoms with Crippen LogP contribution in [-0.2, 0) is 6.42 Å². The summed E-state index contributed by atoms with van der Waals surface area (Å²) in [6, 6.07) is 14.7. The topological polar surface area (TPSA) is 20.2 Å². The number of aryl methyl sites for hydroxylation is 2. The van der Waals surface area contributed by atoms with Crippen LogP contribution < -0.4 is 0 Å². The van der Waals surface area contributed by atoms with E-state index < -0.39 is 0 Å². The summed E-state index contributed by atoms with van der Waals surface area (Å²) in [5.74, 6) is 0.152. The third-order valence-corrected chi connectivity index (χ3v) is 4.09. The highest BCUT2D eigenvalue weighted by molar-refractivity contribution is 9.10. The van der Waals surface area contributed by atoms with Gasteiger partial charge in [0.2, 0.25) is 0 Å². The van der Waals surface area contributed by atoms with Crippen LogP contribution in [0.25, 0.3) is 0 Å². The molecular formula is C17H19BrO. The Morgan fingerprint density at radius 3 is 2.47 bits per heavy atom. The summed E-state index contributed by atoms with van der Waals surface area (Å²) in [6.07, 6.45) is 0.869. The fraction of sp³-hybridized carbons (Fsp3) is 0.294. The Morgan fingerprint density at radius 1 is 1.05 bits per heavy atom. The largest absolute Gasteiger partial charge is 0.396 e. The Morgan fingerprint density at radius 2 is 1.84 bits per heavy atom. The molecular weight excluding hydrogens is 300 g/mol. The van der Waals surface area contributed by atoms with Gasteiger partial charge in [0.05, 0.1) is 6.61 Å². The summed E-state index contributed by atoms with van der Waals surface area (Å²) < 4.78 is 1.06. The molecule has 0 bridgehead atoms. The average molecular weight is 319 g/mol. The van der Waals surface area contributed by atoms with E-state index in [2.05, 4.69) is 60.1 Å². The minimum Gasteiger partial charge on any atom is -0.396 e. The predicted molar refractivity (Wildman–Crippen MR) is 83.6 cm³/mol. The van der Waals surface area contributed by atoms with Gasteiger partial charge in [0.15, 0.2) is 0 Å². The molecule has 0 heterocycles. The van der Waals surface area contributed by atoms with Crippen LogP contribution in [0, 0.1) is 13.8 Å². The fourth-order valence-corrected chi connectivity index (χ4v) is 2.68. The Kier molecular flexibility index (Phi) is 4.78. The first kappa shape index (κ1) is 14.3. The quantitative estimate of drug-likeness (QED) is 0.886. The lowest BCUT2D eigenvalue weighted by atomic mass is 9.91. The third kappa shape index (κ3) is 3.68. The molecule has 0 saturated heterocycles. The van der Waals surface area contributed by atoms with Crippen LogP contribution in [0.5, 0.6) is 0 Å². The van der Waals surface area contributed by atoms with E-state index in [0.717, 1.165) is 10.9 Å². The van der Waals surface area contributed by atoms with E-state index in [9.17, 15) is 5.11 Å². The molecule has 0 radical (unpaired) electrons. The van der Waals surface area contributed by atoms with Gasteiger partial charge in [-0.15, -0.1) is 0 Å². The maximum absolute atomic E-state index is 9.64. The van der Waals surface area contributed by atoms with Gasteiger partial charge in [-0.1, -0.05) is 46.3 Å². The number of halogens is 1. The zero-order valence-electron chi connectivity index (χ0n) is 11.4. The molecule has 0 fully saturated rings. The van der Waals surface area contributed by atoms with Crippen LogP contribution in [-0.4, -0.2) is 11.7 Å². The van der Waals surface area contributed by atoms with Crippen molar-refractivity contribution < 1.29 is 5.11 Å². The van der Waals surface area contributed by atoms with Gasteiger partial charge < -0.3 is 5.11 Å².